The summed E-state index contributed by atoms with van der Waals surface area (Å²) < 4.78 is 0.762. The molecule has 0 saturated carbocycles. The van der Waals surface area contributed by atoms with Gasteiger partial charge in [0.25, 0.3) is 0 Å². The first-order valence-electron chi connectivity index (χ1n) is 9.34. The lowest BCUT2D eigenvalue weighted by molar-refractivity contribution is -0.951. The Morgan fingerprint density at radius 3 is 2.80 bits per heavy atom. The minimum atomic E-state index is -1.35. The van der Waals surface area contributed by atoms with Crippen molar-refractivity contribution in [2.24, 2.45) is 5.92 Å². The first-order valence-corrected chi connectivity index (χ1v) is 9.34. The minimum absolute atomic E-state index is 0.0227. The van der Waals surface area contributed by atoms with Crippen molar-refractivity contribution < 1.29 is 19.8 Å². The first kappa shape index (κ1) is 15.8. The number of hydrogen-bond acceptors (Lipinski definition) is 4. The van der Waals surface area contributed by atoms with Gasteiger partial charge in [-0.15, -0.1) is 0 Å². The van der Waals surface area contributed by atoms with Crippen molar-refractivity contribution in [3.8, 4) is 0 Å². The number of para-hydroxylation sites is 1. The number of rotatable bonds is 1. The number of nitrogens with zero attached hydrogens (tertiary/aromatic N) is 2. The summed E-state index contributed by atoms with van der Waals surface area (Å²) in [4.78, 5) is 1.97. The maximum atomic E-state index is 12.0. The van der Waals surface area contributed by atoms with Crippen molar-refractivity contribution in [1.82, 2.24) is 0 Å². The fraction of sp³-hybridized carbons (Fsp3) is 0.600. The van der Waals surface area contributed by atoms with Crippen LogP contribution in [0.1, 0.15) is 25.3 Å². The normalized spacial score (nSPS) is 48.6. The molecule has 3 fully saturated rings. The number of allylic oxidation sites excluding steroid dienone is 1. The molecule has 5 rings (SSSR count). The summed E-state index contributed by atoms with van der Waals surface area (Å²) in [5.41, 5.74) is 0.448. The van der Waals surface area contributed by atoms with Crippen molar-refractivity contribution in [3.05, 3.63) is 41.5 Å². The molecule has 4 aliphatic rings. The second kappa shape index (κ2) is 4.65. The van der Waals surface area contributed by atoms with Crippen LogP contribution in [-0.2, 0) is 5.60 Å². The second-order valence-electron chi connectivity index (χ2n) is 8.56. The third-order valence-corrected chi connectivity index (χ3v) is 7.64. The summed E-state index contributed by atoms with van der Waals surface area (Å²) in [5, 5.41) is 34.0. The van der Waals surface area contributed by atoms with Gasteiger partial charge in [-0.05, 0) is 18.6 Å². The molecule has 1 aromatic rings. The van der Waals surface area contributed by atoms with Crippen LogP contribution in [0.25, 0.3) is 0 Å². The minimum Gasteiger partial charge on any atom is -0.394 e. The number of hydrogen-bond donors (Lipinski definition) is 3. The Morgan fingerprint density at radius 1 is 1.32 bits per heavy atom. The van der Waals surface area contributed by atoms with Crippen LogP contribution in [0.3, 0.4) is 0 Å². The topological polar surface area (TPSA) is 63.9 Å². The summed E-state index contributed by atoms with van der Waals surface area (Å²) >= 11 is 0. The molecule has 4 aliphatic heterocycles. The zero-order chi connectivity index (χ0) is 17.6. The van der Waals surface area contributed by atoms with Crippen molar-refractivity contribution in [2.45, 2.75) is 43.2 Å². The lowest BCUT2D eigenvalue weighted by atomic mass is 9.64. The van der Waals surface area contributed by atoms with Crippen LogP contribution in [0, 0.1) is 5.92 Å². The number of quaternary nitrogens is 1. The third kappa shape index (κ3) is 1.55. The van der Waals surface area contributed by atoms with E-state index in [2.05, 4.69) is 20.0 Å². The Morgan fingerprint density at radius 2 is 2.08 bits per heavy atom. The monoisotopic (exact) mass is 343 g/mol. The number of piperidine rings is 3. The summed E-state index contributed by atoms with van der Waals surface area (Å²) in [7, 11) is 2.21. The van der Waals surface area contributed by atoms with Gasteiger partial charge in [-0.3, -0.25) is 0 Å². The zero-order valence-electron chi connectivity index (χ0n) is 14.9. The molecule has 0 unspecified atom stereocenters. The second-order valence-corrected chi connectivity index (χ2v) is 8.56. The molecule has 5 heteroatoms. The zero-order valence-corrected chi connectivity index (χ0v) is 14.9. The molecule has 0 aromatic heterocycles. The Kier molecular flexibility index (Phi) is 2.95. The number of aliphatic hydroxyl groups is 3. The van der Waals surface area contributed by atoms with Crippen LogP contribution < -0.4 is 4.90 Å². The molecule has 1 aromatic carbocycles. The highest BCUT2D eigenvalue weighted by Gasteiger charge is 2.76. The van der Waals surface area contributed by atoms with E-state index in [1.807, 2.05) is 29.2 Å². The summed E-state index contributed by atoms with van der Waals surface area (Å²) in [6.07, 6.45) is 3.54. The average Bonchev–Trinajstić information content (AvgIpc) is 2.82. The molecule has 4 heterocycles. The van der Waals surface area contributed by atoms with E-state index in [-0.39, 0.29) is 24.6 Å². The summed E-state index contributed by atoms with van der Waals surface area (Å²) in [6, 6.07) is 7.54. The van der Waals surface area contributed by atoms with Gasteiger partial charge < -0.3 is 24.7 Å². The molecule has 2 bridgehead atoms. The van der Waals surface area contributed by atoms with E-state index in [4.69, 9.17) is 0 Å². The quantitative estimate of drug-likeness (QED) is 0.525. The Labute approximate surface area is 148 Å². The van der Waals surface area contributed by atoms with Crippen molar-refractivity contribution in [1.29, 1.82) is 0 Å². The van der Waals surface area contributed by atoms with Crippen LogP contribution in [0.15, 0.2) is 35.9 Å². The van der Waals surface area contributed by atoms with Gasteiger partial charge in [-0.2, -0.15) is 0 Å². The maximum Gasteiger partial charge on any atom is 0.225 e. The number of aliphatic hydroxyl groups excluding tert-OH is 1. The van der Waals surface area contributed by atoms with E-state index in [1.54, 1.807) is 0 Å². The molecule has 0 aliphatic carbocycles. The molecule has 6 atom stereocenters. The number of likely N-dealkylation sites (N-methyl/N-ethyl adjacent to an activating group) is 1. The van der Waals surface area contributed by atoms with E-state index in [1.165, 1.54) is 5.57 Å². The smallest absolute Gasteiger partial charge is 0.225 e. The summed E-state index contributed by atoms with van der Waals surface area (Å²) in [6.45, 7) is 3.80. The van der Waals surface area contributed by atoms with Crippen LogP contribution in [-0.4, -0.2) is 64.4 Å². The van der Waals surface area contributed by atoms with Gasteiger partial charge in [-0.25, -0.2) is 0 Å². The van der Waals surface area contributed by atoms with Crippen LogP contribution in [0.4, 0.5) is 5.69 Å². The average molecular weight is 343 g/mol. The Bertz CT molecular complexity index is 780. The van der Waals surface area contributed by atoms with Crippen molar-refractivity contribution in [2.75, 3.05) is 31.6 Å². The number of anilines is 1. The van der Waals surface area contributed by atoms with Gasteiger partial charge in [0.15, 0.2) is 5.60 Å². The van der Waals surface area contributed by atoms with Crippen molar-refractivity contribution >= 4 is 5.69 Å². The van der Waals surface area contributed by atoms with E-state index in [9.17, 15) is 15.3 Å². The fourth-order valence-corrected chi connectivity index (χ4v) is 6.44. The highest BCUT2D eigenvalue weighted by molar-refractivity contribution is 5.67. The van der Waals surface area contributed by atoms with Gasteiger partial charge in [0.2, 0.25) is 5.72 Å². The molecule has 0 radical (unpaired) electrons. The fourth-order valence-electron chi connectivity index (χ4n) is 6.44. The molecular weight excluding hydrogens is 316 g/mol. The summed E-state index contributed by atoms with van der Waals surface area (Å²) in [5.74, 6) is 0.222. The van der Waals surface area contributed by atoms with Gasteiger partial charge in [0.1, 0.15) is 12.6 Å². The van der Waals surface area contributed by atoms with Crippen molar-refractivity contribution in [3.63, 3.8) is 0 Å². The first-order chi connectivity index (χ1) is 11.9. The molecule has 3 saturated heterocycles. The van der Waals surface area contributed by atoms with E-state index in [0.717, 1.165) is 35.2 Å². The van der Waals surface area contributed by atoms with E-state index >= 15 is 0 Å². The predicted octanol–water partition coefficient (Wildman–Crippen LogP) is 0.942. The van der Waals surface area contributed by atoms with Crippen LogP contribution in [0.5, 0.6) is 0 Å². The Hall–Kier alpha value is -1.40. The third-order valence-electron chi connectivity index (χ3n) is 7.64. The predicted molar refractivity (Wildman–Crippen MR) is 94.8 cm³/mol. The maximum absolute atomic E-state index is 12.0. The van der Waals surface area contributed by atoms with Gasteiger partial charge in [0.05, 0.1) is 26.2 Å². The highest BCUT2D eigenvalue weighted by Crippen LogP contribution is 2.63. The van der Waals surface area contributed by atoms with E-state index in [0.29, 0.717) is 6.42 Å². The van der Waals surface area contributed by atoms with Gasteiger partial charge in [-0.1, -0.05) is 24.3 Å². The number of fused-ring (bicyclic) bond motifs is 4. The van der Waals surface area contributed by atoms with Gasteiger partial charge in [0, 0.05) is 30.0 Å². The molecule has 5 nitrogen and oxygen atoms in total. The molecule has 0 amide bonds. The molecular formula is C20H27N2O3+. The molecule has 0 spiro atoms. The van der Waals surface area contributed by atoms with E-state index < -0.39 is 11.3 Å². The molecule has 25 heavy (non-hydrogen) atoms. The van der Waals surface area contributed by atoms with Crippen LogP contribution >= 0.6 is 0 Å². The SMILES string of the molecule is C/C=C1/C[N@+]2(C)CC[C@]3(O)c4ccccc4N4[C@@H](CO)[C@H]1C[C@H]2[C@@]43O. The molecule has 134 valence electrons. The largest absolute Gasteiger partial charge is 0.394 e. The Balaban J connectivity index is 1.81. The standard InChI is InChI=1S/C20H27N2O3/c1-3-13-11-22(2)9-8-19(24)15-6-4-5-7-16(15)21-17(12-23)14(13)10-18(22)20(19,21)25/h3-7,14,17-18,23-25H,8-12H2,1-2H3/q+1/b13-3-/t14-,17-,18-,19-,20-,22-/m0/s1. The highest BCUT2D eigenvalue weighted by atomic mass is 16.4. The lowest BCUT2D eigenvalue weighted by Crippen LogP contribution is -2.84. The molecule has 3 N–H and O–H groups in total. The number of benzene rings is 1. The van der Waals surface area contributed by atoms with Gasteiger partial charge >= 0.3 is 0 Å². The lowest BCUT2D eigenvalue weighted by Gasteiger charge is -2.66. The van der Waals surface area contributed by atoms with Crippen LogP contribution in [0.2, 0.25) is 0 Å².